The van der Waals surface area contributed by atoms with Gasteiger partial charge in [0.25, 0.3) is 0 Å². The summed E-state index contributed by atoms with van der Waals surface area (Å²) in [6.07, 6.45) is 0.310. The second-order valence-electron chi connectivity index (χ2n) is 10.0. The van der Waals surface area contributed by atoms with Crippen molar-refractivity contribution in [2.45, 2.75) is 44.4 Å². The summed E-state index contributed by atoms with van der Waals surface area (Å²) in [6, 6.07) is -3.28. The Kier molecular flexibility index (Phi) is 5.45. The molecule has 1 amide bonds. The number of Topliss-reactive ketones (excluding diaryl/α,β-unsaturated/α-hetero) is 1. The number of amides is 1. The predicted molar refractivity (Wildman–Crippen MR) is 133 cm³/mol. The number of hydrogen-bond acceptors (Lipinski definition) is 10. The summed E-state index contributed by atoms with van der Waals surface area (Å²) < 4.78 is 28.7. The van der Waals surface area contributed by atoms with Gasteiger partial charge in [0.15, 0.2) is 28.8 Å². The highest BCUT2D eigenvalue weighted by atomic mass is 16.7. The monoisotopic (exact) mass is 526 g/mol. The molecule has 2 aromatic rings. The lowest BCUT2D eigenvalue weighted by Gasteiger charge is -2.56. The van der Waals surface area contributed by atoms with Gasteiger partial charge < -0.3 is 38.8 Å². The summed E-state index contributed by atoms with van der Waals surface area (Å²) in [4.78, 5) is 31.8. The third-order valence-corrected chi connectivity index (χ3v) is 8.52. The number of carbonyl (C=O) groups is 2. The average Bonchev–Trinajstić information content (AvgIpc) is 3.39. The molecule has 0 aliphatic carbocycles. The average molecular weight is 527 g/mol. The number of aromatic hydroxyl groups is 1. The number of rotatable bonds is 4. The Labute approximate surface area is 219 Å². The normalized spacial score (nSPS) is 25.1. The fourth-order valence-electron chi connectivity index (χ4n) is 6.90. The van der Waals surface area contributed by atoms with Crippen LogP contribution < -0.4 is 23.7 Å². The number of benzene rings is 2. The van der Waals surface area contributed by atoms with E-state index in [4.69, 9.17) is 23.7 Å². The molecular formula is C27H30N2O9. The van der Waals surface area contributed by atoms with Crippen LogP contribution in [0.1, 0.15) is 50.3 Å². The fourth-order valence-corrected chi connectivity index (χ4v) is 6.90. The zero-order valence-corrected chi connectivity index (χ0v) is 22.1. The number of phenols is 1. The number of phenolic OH excluding ortho intramolecular Hbond substituents is 1. The Morgan fingerprint density at radius 2 is 1.58 bits per heavy atom. The van der Waals surface area contributed by atoms with Crippen LogP contribution in [0.5, 0.6) is 34.5 Å². The molecule has 6 rings (SSSR count). The first kappa shape index (κ1) is 24.6. The third kappa shape index (κ3) is 2.80. The van der Waals surface area contributed by atoms with E-state index in [1.54, 1.807) is 21.1 Å². The summed E-state index contributed by atoms with van der Waals surface area (Å²) in [5, 5.41) is 21.9. The SMILES string of the molecule is COc1c(C)c(OC)c(OC)c2c1C[C@H]1C(=O)N3[C@@H](CO)c4c5c(c(C)c(O)c4C(=O)[C@H]3[C@@H]2N1C)OCO5. The summed E-state index contributed by atoms with van der Waals surface area (Å²) in [7, 11) is 6.43. The van der Waals surface area contributed by atoms with E-state index in [9.17, 15) is 19.8 Å². The second kappa shape index (κ2) is 8.40. The first-order chi connectivity index (χ1) is 18.2. The molecule has 0 saturated carbocycles. The Hall–Kier alpha value is -3.70. The van der Waals surface area contributed by atoms with Crippen molar-refractivity contribution in [3.8, 4) is 34.5 Å². The molecule has 202 valence electrons. The molecule has 1 fully saturated rings. The van der Waals surface area contributed by atoms with Crippen molar-refractivity contribution in [1.82, 2.24) is 9.80 Å². The molecule has 11 nitrogen and oxygen atoms in total. The Morgan fingerprint density at radius 1 is 0.921 bits per heavy atom. The zero-order chi connectivity index (χ0) is 27.2. The van der Waals surface area contributed by atoms with Gasteiger partial charge in [0, 0.05) is 34.2 Å². The maximum atomic E-state index is 14.4. The van der Waals surface area contributed by atoms with Crippen molar-refractivity contribution in [2.75, 3.05) is 41.8 Å². The first-order valence-corrected chi connectivity index (χ1v) is 12.4. The minimum Gasteiger partial charge on any atom is -0.507 e. The molecule has 4 aliphatic rings. The highest BCUT2D eigenvalue weighted by Gasteiger charge is 2.59. The van der Waals surface area contributed by atoms with Gasteiger partial charge in [-0.15, -0.1) is 0 Å². The number of fused-ring (bicyclic) bond motifs is 9. The highest BCUT2D eigenvalue weighted by molar-refractivity contribution is 6.10. The molecule has 2 aromatic carbocycles. The number of ketones is 1. The lowest BCUT2D eigenvalue weighted by Crippen LogP contribution is -2.68. The van der Waals surface area contributed by atoms with Crippen LogP contribution in [0.4, 0.5) is 0 Å². The van der Waals surface area contributed by atoms with Crippen LogP contribution in [0, 0.1) is 13.8 Å². The fraction of sp³-hybridized carbons (Fsp3) is 0.481. The molecule has 0 radical (unpaired) electrons. The topological polar surface area (TPSA) is 127 Å². The number of likely N-dealkylation sites (N-methyl/N-ethyl adjacent to an activating group) is 1. The quantitative estimate of drug-likeness (QED) is 0.609. The van der Waals surface area contributed by atoms with Crippen molar-refractivity contribution in [3.05, 3.63) is 33.4 Å². The summed E-state index contributed by atoms with van der Waals surface area (Å²) in [6.45, 7) is 2.93. The number of aliphatic hydroxyl groups is 1. The van der Waals surface area contributed by atoms with E-state index in [-0.39, 0.29) is 35.3 Å². The van der Waals surface area contributed by atoms with E-state index in [0.29, 0.717) is 40.5 Å². The van der Waals surface area contributed by atoms with Crippen molar-refractivity contribution in [1.29, 1.82) is 0 Å². The van der Waals surface area contributed by atoms with Gasteiger partial charge >= 0.3 is 0 Å². The Bertz CT molecular complexity index is 1400. The van der Waals surface area contributed by atoms with Gasteiger partial charge in [0.05, 0.1) is 51.6 Å². The van der Waals surface area contributed by atoms with Crippen LogP contribution in [-0.4, -0.2) is 85.6 Å². The van der Waals surface area contributed by atoms with Gasteiger partial charge in [-0.1, -0.05) is 0 Å². The summed E-state index contributed by atoms with van der Waals surface area (Å²) in [5.41, 5.74) is 2.85. The van der Waals surface area contributed by atoms with E-state index in [1.165, 1.54) is 19.1 Å². The van der Waals surface area contributed by atoms with E-state index in [2.05, 4.69) is 0 Å². The Balaban J connectivity index is 1.67. The molecule has 0 unspecified atom stereocenters. The minimum atomic E-state index is -1.07. The number of ether oxygens (including phenoxy) is 5. The molecule has 1 saturated heterocycles. The van der Waals surface area contributed by atoms with E-state index in [0.717, 1.165) is 11.1 Å². The molecule has 2 bridgehead atoms. The van der Waals surface area contributed by atoms with Gasteiger partial charge in [0.2, 0.25) is 12.7 Å². The van der Waals surface area contributed by atoms with Crippen molar-refractivity contribution >= 4 is 11.7 Å². The Morgan fingerprint density at radius 3 is 2.21 bits per heavy atom. The molecule has 0 spiro atoms. The van der Waals surface area contributed by atoms with Crippen LogP contribution in [0.3, 0.4) is 0 Å². The third-order valence-electron chi connectivity index (χ3n) is 8.52. The zero-order valence-electron chi connectivity index (χ0n) is 22.1. The number of hydrogen-bond donors (Lipinski definition) is 2. The van der Waals surface area contributed by atoms with Crippen molar-refractivity contribution < 1.29 is 43.5 Å². The van der Waals surface area contributed by atoms with Crippen molar-refractivity contribution in [3.63, 3.8) is 0 Å². The number of piperazine rings is 1. The molecule has 11 heteroatoms. The van der Waals surface area contributed by atoms with E-state index < -0.39 is 36.6 Å². The summed E-state index contributed by atoms with van der Waals surface area (Å²) in [5.74, 6) is 1.08. The number of carbonyl (C=O) groups excluding carboxylic acids is 2. The standard InChI is InChI=1S/C27H30N2O9/c1-10-20(31)17-16(26-24(10)37-9-38-26)14(8-30)29-19(21(17)32)18-15-12(7-13(27(29)33)28(18)3)22(34-4)11(2)23(35-5)25(15)36-6/h13-14,18-19,30-31H,7-9H2,1-6H3/t13-,14-,18+,19+/m0/s1. The highest BCUT2D eigenvalue weighted by Crippen LogP contribution is 2.58. The van der Waals surface area contributed by atoms with Crippen LogP contribution in [-0.2, 0) is 11.2 Å². The van der Waals surface area contributed by atoms with Gasteiger partial charge in [-0.2, -0.15) is 0 Å². The van der Waals surface area contributed by atoms with E-state index >= 15 is 0 Å². The molecule has 2 N–H and O–H groups in total. The lowest BCUT2D eigenvalue weighted by atomic mass is 9.73. The smallest absolute Gasteiger partial charge is 0.241 e. The molecule has 0 aromatic heterocycles. The lowest BCUT2D eigenvalue weighted by molar-refractivity contribution is -0.155. The largest absolute Gasteiger partial charge is 0.507 e. The first-order valence-electron chi connectivity index (χ1n) is 12.4. The molecule has 4 heterocycles. The number of aliphatic hydroxyl groups excluding tert-OH is 1. The van der Waals surface area contributed by atoms with Gasteiger partial charge in [0.1, 0.15) is 17.5 Å². The molecule has 38 heavy (non-hydrogen) atoms. The maximum Gasteiger partial charge on any atom is 0.241 e. The second-order valence-corrected chi connectivity index (χ2v) is 10.0. The van der Waals surface area contributed by atoms with Crippen LogP contribution in [0.25, 0.3) is 0 Å². The predicted octanol–water partition coefficient (Wildman–Crippen LogP) is 1.80. The molecule has 4 atom stereocenters. The van der Waals surface area contributed by atoms with Gasteiger partial charge in [-0.05, 0) is 20.9 Å². The van der Waals surface area contributed by atoms with Gasteiger partial charge in [-0.3, -0.25) is 14.5 Å². The van der Waals surface area contributed by atoms with Crippen LogP contribution in [0.15, 0.2) is 0 Å². The number of nitrogens with zero attached hydrogens (tertiary/aromatic N) is 2. The maximum absolute atomic E-state index is 14.4. The van der Waals surface area contributed by atoms with Crippen LogP contribution in [0.2, 0.25) is 0 Å². The van der Waals surface area contributed by atoms with Crippen LogP contribution >= 0.6 is 0 Å². The minimum absolute atomic E-state index is 0.0313. The van der Waals surface area contributed by atoms with Crippen molar-refractivity contribution in [2.24, 2.45) is 0 Å². The molecular weight excluding hydrogens is 496 g/mol. The van der Waals surface area contributed by atoms with E-state index in [1.807, 2.05) is 11.8 Å². The summed E-state index contributed by atoms with van der Waals surface area (Å²) >= 11 is 0. The van der Waals surface area contributed by atoms with Gasteiger partial charge in [-0.25, -0.2) is 0 Å². The number of methoxy groups -OCH3 is 3. The molecule has 4 aliphatic heterocycles.